The molecule has 11 heavy (non-hydrogen) atoms. The van der Waals surface area contributed by atoms with Crippen LogP contribution in [0.2, 0.25) is 0 Å². The molecule has 0 bridgehead atoms. The highest BCUT2D eigenvalue weighted by atomic mass is 14.6. The van der Waals surface area contributed by atoms with Crippen LogP contribution < -0.4 is 0 Å². The Balaban J connectivity index is 2.63. The minimum absolute atomic E-state index is 0.0150. The molecule has 62 valence electrons. The Morgan fingerprint density at radius 3 is 2.00 bits per heavy atom. The van der Waals surface area contributed by atoms with Crippen molar-refractivity contribution < 1.29 is 0 Å². The highest BCUT2D eigenvalue weighted by Crippen LogP contribution is 2.65. The molecule has 1 unspecified atom stereocenters. The van der Waals surface area contributed by atoms with Crippen molar-refractivity contribution in [3.63, 3.8) is 0 Å². The van der Waals surface area contributed by atoms with Crippen LogP contribution in [0.5, 0.6) is 0 Å². The van der Waals surface area contributed by atoms with Crippen LogP contribution in [0.3, 0.4) is 0 Å². The average Bonchev–Trinajstić information content (AvgIpc) is 2.33. The van der Waals surface area contributed by atoms with Gasteiger partial charge in [-0.1, -0.05) is 27.7 Å². The van der Waals surface area contributed by atoms with Gasteiger partial charge in [-0.05, 0) is 24.2 Å². The summed E-state index contributed by atoms with van der Waals surface area (Å²) in [7, 11) is 0. The smallest absolute Gasteiger partial charge is 0.0695 e. The van der Waals surface area contributed by atoms with Crippen molar-refractivity contribution >= 4 is 0 Å². The molecule has 0 aliphatic heterocycles. The quantitative estimate of drug-likeness (QED) is 0.595. The number of hydrogen-bond donors (Lipinski definition) is 0. The van der Waals surface area contributed by atoms with E-state index in [4.69, 9.17) is 5.26 Å². The van der Waals surface area contributed by atoms with E-state index in [0.717, 1.165) is 12.8 Å². The first-order chi connectivity index (χ1) is 4.93. The second-order valence-electron chi connectivity index (χ2n) is 4.85. The average molecular weight is 151 g/mol. The first kappa shape index (κ1) is 8.59. The molecule has 1 atom stereocenters. The van der Waals surface area contributed by atoms with E-state index in [-0.39, 0.29) is 10.8 Å². The predicted molar refractivity (Wildman–Crippen MR) is 45.9 cm³/mol. The molecular formula is C10H17N. The van der Waals surface area contributed by atoms with Crippen LogP contribution in [0, 0.1) is 28.1 Å². The number of rotatable bonds is 2. The zero-order valence-corrected chi connectivity index (χ0v) is 7.94. The molecule has 0 aromatic rings. The molecule has 0 aromatic heterocycles. The summed E-state index contributed by atoms with van der Waals surface area (Å²) in [5.41, 5.74) is 0.299. The summed E-state index contributed by atoms with van der Waals surface area (Å²) >= 11 is 0. The molecule has 1 nitrogen and oxygen atoms in total. The Kier molecular flexibility index (Phi) is 1.75. The van der Waals surface area contributed by atoms with Gasteiger partial charge in [-0.2, -0.15) is 5.26 Å². The Morgan fingerprint density at radius 2 is 1.91 bits per heavy atom. The van der Waals surface area contributed by atoms with Gasteiger partial charge >= 0.3 is 0 Å². The Morgan fingerprint density at radius 1 is 1.45 bits per heavy atom. The Bertz CT molecular complexity index is 197. The van der Waals surface area contributed by atoms with Crippen molar-refractivity contribution in [1.29, 1.82) is 5.26 Å². The summed E-state index contributed by atoms with van der Waals surface area (Å²) < 4.78 is 0. The maximum atomic E-state index is 8.99. The SMILES string of the molecule is CC(C)CC1(C#N)CC1(C)C. The zero-order chi connectivity index (χ0) is 8.70. The second-order valence-corrected chi connectivity index (χ2v) is 4.85. The Hall–Kier alpha value is -0.510. The van der Waals surface area contributed by atoms with E-state index in [1.54, 1.807) is 0 Å². The summed E-state index contributed by atoms with van der Waals surface area (Å²) in [6, 6.07) is 2.47. The molecule has 1 aliphatic carbocycles. The number of nitrogens with zero attached hydrogens (tertiary/aromatic N) is 1. The van der Waals surface area contributed by atoms with Gasteiger partial charge < -0.3 is 0 Å². The van der Waals surface area contributed by atoms with Crippen LogP contribution in [0.15, 0.2) is 0 Å². The van der Waals surface area contributed by atoms with Crippen molar-refractivity contribution in [2.75, 3.05) is 0 Å². The van der Waals surface area contributed by atoms with E-state index in [2.05, 4.69) is 33.8 Å². The molecule has 0 amide bonds. The van der Waals surface area contributed by atoms with Crippen molar-refractivity contribution in [2.24, 2.45) is 16.7 Å². The highest BCUT2D eigenvalue weighted by molar-refractivity contribution is 5.21. The maximum absolute atomic E-state index is 8.99. The van der Waals surface area contributed by atoms with E-state index in [0.29, 0.717) is 5.92 Å². The fourth-order valence-electron chi connectivity index (χ4n) is 1.99. The fourth-order valence-corrected chi connectivity index (χ4v) is 1.99. The Labute approximate surface area is 69.4 Å². The molecule has 1 saturated carbocycles. The molecule has 0 N–H and O–H groups in total. The van der Waals surface area contributed by atoms with Crippen molar-refractivity contribution in [3.8, 4) is 6.07 Å². The first-order valence-electron chi connectivity index (χ1n) is 4.35. The molecule has 0 aromatic carbocycles. The van der Waals surface area contributed by atoms with Gasteiger partial charge in [-0.3, -0.25) is 0 Å². The van der Waals surface area contributed by atoms with Gasteiger partial charge in [0.05, 0.1) is 11.5 Å². The van der Waals surface area contributed by atoms with Gasteiger partial charge in [0.15, 0.2) is 0 Å². The molecule has 0 heterocycles. The molecule has 1 aliphatic rings. The summed E-state index contributed by atoms with van der Waals surface area (Å²) in [6.45, 7) is 8.76. The van der Waals surface area contributed by atoms with E-state index >= 15 is 0 Å². The van der Waals surface area contributed by atoms with Crippen LogP contribution in [0.25, 0.3) is 0 Å². The topological polar surface area (TPSA) is 23.8 Å². The van der Waals surface area contributed by atoms with Gasteiger partial charge in [0, 0.05) is 0 Å². The molecule has 0 spiro atoms. The maximum Gasteiger partial charge on any atom is 0.0695 e. The third-order valence-electron chi connectivity index (χ3n) is 2.88. The molecule has 0 radical (unpaired) electrons. The number of hydrogen-bond acceptors (Lipinski definition) is 1. The van der Waals surface area contributed by atoms with Crippen molar-refractivity contribution in [2.45, 2.75) is 40.5 Å². The van der Waals surface area contributed by atoms with Gasteiger partial charge in [0.25, 0.3) is 0 Å². The van der Waals surface area contributed by atoms with Gasteiger partial charge in [0.1, 0.15) is 0 Å². The van der Waals surface area contributed by atoms with Crippen LogP contribution >= 0.6 is 0 Å². The molecule has 1 fully saturated rings. The summed E-state index contributed by atoms with van der Waals surface area (Å²) in [5, 5.41) is 8.99. The van der Waals surface area contributed by atoms with E-state index in [1.807, 2.05) is 0 Å². The predicted octanol–water partition coefficient (Wildman–Crippen LogP) is 2.97. The van der Waals surface area contributed by atoms with Crippen LogP contribution in [0.1, 0.15) is 40.5 Å². The van der Waals surface area contributed by atoms with Crippen LogP contribution in [-0.4, -0.2) is 0 Å². The lowest BCUT2D eigenvalue weighted by atomic mass is 9.88. The lowest BCUT2D eigenvalue weighted by Crippen LogP contribution is -2.09. The fraction of sp³-hybridized carbons (Fsp3) is 0.900. The normalized spacial score (nSPS) is 33.5. The van der Waals surface area contributed by atoms with Gasteiger partial charge in [0.2, 0.25) is 0 Å². The summed E-state index contributed by atoms with van der Waals surface area (Å²) in [5.74, 6) is 0.649. The zero-order valence-electron chi connectivity index (χ0n) is 7.94. The van der Waals surface area contributed by atoms with E-state index < -0.39 is 0 Å². The van der Waals surface area contributed by atoms with Crippen LogP contribution in [0.4, 0.5) is 0 Å². The standard InChI is InChI=1S/C10H17N/c1-8(2)5-10(7-11)6-9(10,3)4/h8H,5-6H2,1-4H3. The number of nitriles is 1. The first-order valence-corrected chi connectivity index (χ1v) is 4.35. The van der Waals surface area contributed by atoms with E-state index in [1.165, 1.54) is 0 Å². The van der Waals surface area contributed by atoms with Crippen molar-refractivity contribution in [1.82, 2.24) is 0 Å². The molecule has 1 heteroatoms. The van der Waals surface area contributed by atoms with Gasteiger partial charge in [-0.15, -0.1) is 0 Å². The lowest BCUT2D eigenvalue weighted by molar-refractivity contribution is 0.387. The van der Waals surface area contributed by atoms with Gasteiger partial charge in [-0.25, -0.2) is 0 Å². The third kappa shape index (κ3) is 1.27. The second kappa shape index (κ2) is 2.24. The molecule has 1 rings (SSSR count). The lowest BCUT2D eigenvalue weighted by Gasteiger charge is -2.13. The molecular weight excluding hydrogens is 134 g/mol. The third-order valence-corrected chi connectivity index (χ3v) is 2.88. The minimum atomic E-state index is 0.0150. The largest absolute Gasteiger partial charge is 0.198 e. The van der Waals surface area contributed by atoms with Crippen LogP contribution in [-0.2, 0) is 0 Å². The summed E-state index contributed by atoms with van der Waals surface area (Å²) in [4.78, 5) is 0. The van der Waals surface area contributed by atoms with Crippen molar-refractivity contribution in [3.05, 3.63) is 0 Å². The minimum Gasteiger partial charge on any atom is -0.198 e. The summed E-state index contributed by atoms with van der Waals surface area (Å²) in [6.07, 6.45) is 2.16. The monoisotopic (exact) mass is 151 g/mol. The molecule has 0 saturated heterocycles. The van der Waals surface area contributed by atoms with E-state index in [9.17, 15) is 0 Å². The highest BCUT2D eigenvalue weighted by Gasteiger charge is 2.61.